The van der Waals surface area contributed by atoms with Gasteiger partial charge in [-0.1, -0.05) is 24.3 Å². The van der Waals surface area contributed by atoms with Gasteiger partial charge in [-0.05, 0) is 56.3 Å². The molecule has 0 atom stereocenters. The Labute approximate surface area is 182 Å². The van der Waals surface area contributed by atoms with Crippen LogP contribution in [0, 0.1) is 11.3 Å². The SMILES string of the molecule is CN[C@H]1C[C@H](n2cc(C#N)c3ccc(N4CCC(c5ccc(C=O)cc5)CC4)nc32)C1. The van der Waals surface area contributed by atoms with Crippen LogP contribution in [0.1, 0.15) is 59.1 Å². The number of pyridine rings is 1. The Morgan fingerprint density at radius 3 is 2.52 bits per heavy atom. The van der Waals surface area contributed by atoms with Crippen LogP contribution in [0.5, 0.6) is 0 Å². The monoisotopic (exact) mass is 413 g/mol. The fraction of sp³-hybridized carbons (Fsp3) is 0.400. The average molecular weight is 414 g/mol. The topological polar surface area (TPSA) is 74.0 Å². The molecule has 3 heterocycles. The quantitative estimate of drug-likeness (QED) is 0.640. The molecule has 2 fully saturated rings. The van der Waals surface area contributed by atoms with Crippen LogP contribution in [0.2, 0.25) is 0 Å². The number of carbonyl (C=O) groups excluding carboxylic acids is 1. The number of piperidine rings is 1. The fourth-order valence-electron chi connectivity index (χ4n) is 5.00. The van der Waals surface area contributed by atoms with Crippen LogP contribution in [-0.2, 0) is 0 Å². The normalized spacial score (nSPS) is 21.6. The van der Waals surface area contributed by atoms with Crippen LogP contribution >= 0.6 is 0 Å². The third-order valence-corrected chi connectivity index (χ3v) is 7.06. The Hall–Kier alpha value is -3.17. The number of carbonyl (C=O) groups is 1. The first-order valence-electron chi connectivity index (χ1n) is 11.1. The summed E-state index contributed by atoms with van der Waals surface area (Å²) in [5, 5.41) is 13.9. The van der Waals surface area contributed by atoms with Gasteiger partial charge in [-0.3, -0.25) is 4.79 Å². The molecular weight excluding hydrogens is 386 g/mol. The van der Waals surface area contributed by atoms with E-state index in [9.17, 15) is 10.1 Å². The molecule has 1 saturated carbocycles. The predicted molar refractivity (Wildman–Crippen MR) is 122 cm³/mol. The molecule has 0 bridgehead atoms. The zero-order valence-corrected chi connectivity index (χ0v) is 17.8. The summed E-state index contributed by atoms with van der Waals surface area (Å²) in [6.07, 6.45) is 7.16. The molecule has 1 N–H and O–H groups in total. The van der Waals surface area contributed by atoms with Crippen LogP contribution in [0.25, 0.3) is 11.0 Å². The van der Waals surface area contributed by atoms with Gasteiger partial charge in [0.15, 0.2) is 0 Å². The number of nitrogens with zero attached hydrogens (tertiary/aromatic N) is 4. The maximum absolute atomic E-state index is 10.9. The number of rotatable bonds is 5. The Morgan fingerprint density at radius 1 is 1.13 bits per heavy atom. The molecule has 1 aliphatic carbocycles. The van der Waals surface area contributed by atoms with Crippen molar-refractivity contribution in [3.63, 3.8) is 0 Å². The number of hydrogen-bond acceptors (Lipinski definition) is 5. The smallest absolute Gasteiger partial charge is 0.150 e. The first kappa shape index (κ1) is 19.8. The largest absolute Gasteiger partial charge is 0.357 e. The van der Waals surface area contributed by atoms with Gasteiger partial charge in [-0.25, -0.2) is 4.98 Å². The molecule has 0 radical (unpaired) electrons. The lowest BCUT2D eigenvalue weighted by Gasteiger charge is -2.36. The van der Waals surface area contributed by atoms with Gasteiger partial charge in [0.05, 0.1) is 5.56 Å². The highest BCUT2D eigenvalue weighted by atomic mass is 16.1. The molecule has 1 aromatic carbocycles. The van der Waals surface area contributed by atoms with E-state index in [0.717, 1.165) is 67.5 Å². The van der Waals surface area contributed by atoms with Gasteiger partial charge in [0, 0.05) is 42.3 Å². The Morgan fingerprint density at radius 2 is 1.87 bits per heavy atom. The molecule has 1 aliphatic heterocycles. The van der Waals surface area contributed by atoms with E-state index in [2.05, 4.69) is 45.1 Å². The molecule has 0 unspecified atom stereocenters. The lowest BCUT2D eigenvalue weighted by Crippen LogP contribution is -2.40. The predicted octanol–water partition coefficient (Wildman–Crippen LogP) is 4.03. The van der Waals surface area contributed by atoms with Gasteiger partial charge in [-0.2, -0.15) is 5.26 Å². The highest BCUT2D eigenvalue weighted by Gasteiger charge is 2.31. The van der Waals surface area contributed by atoms with E-state index in [1.807, 2.05) is 25.4 Å². The molecule has 2 aliphatic rings. The maximum Gasteiger partial charge on any atom is 0.150 e. The Bertz CT molecular complexity index is 1130. The van der Waals surface area contributed by atoms with E-state index >= 15 is 0 Å². The van der Waals surface area contributed by atoms with Crippen molar-refractivity contribution < 1.29 is 4.79 Å². The van der Waals surface area contributed by atoms with Gasteiger partial charge in [0.2, 0.25) is 0 Å². The van der Waals surface area contributed by atoms with E-state index in [1.54, 1.807) is 0 Å². The Kier molecular flexibility index (Phi) is 5.21. The third-order valence-electron chi connectivity index (χ3n) is 7.06. The zero-order chi connectivity index (χ0) is 21.4. The molecule has 0 amide bonds. The van der Waals surface area contributed by atoms with Crippen molar-refractivity contribution in [1.82, 2.24) is 14.9 Å². The average Bonchev–Trinajstić information content (AvgIpc) is 3.16. The van der Waals surface area contributed by atoms with E-state index in [1.165, 1.54) is 5.56 Å². The van der Waals surface area contributed by atoms with Gasteiger partial charge in [-0.15, -0.1) is 0 Å². The Balaban J connectivity index is 1.35. The standard InChI is InChI=1S/C25H27N5O/c1-27-21-12-22(13-21)30-15-20(14-26)23-6-7-24(28-25(23)30)29-10-8-19(9-11-29)18-4-2-17(16-31)3-5-18/h2-7,15-16,19,21-22,27H,8-13H2,1H3/t21-,22-. The number of aromatic nitrogens is 2. The molecule has 3 aromatic rings. The van der Waals surface area contributed by atoms with E-state index in [-0.39, 0.29) is 0 Å². The van der Waals surface area contributed by atoms with Crippen LogP contribution in [0.15, 0.2) is 42.6 Å². The van der Waals surface area contributed by atoms with Crippen molar-refractivity contribution in [2.75, 3.05) is 25.0 Å². The first-order chi connectivity index (χ1) is 15.2. The number of nitriles is 1. The van der Waals surface area contributed by atoms with Crippen molar-refractivity contribution in [3.8, 4) is 6.07 Å². The minimum atomic E-state index is 0.407. The van der Waals surface area contributed by atoms with Crippen LogP contribution in [-0.4, -0.2) is 42.0 Å². The summed E-state index contributed by atoms with van der Waals surface area (Å²) in [6, 6.07) is 15.4. The number of nitrogens with one attached hydrogen (secondary N) is 1. The zero-order valence-electron chi connectivity index (χ0n) is 17.8. The van der Waals surface area contributed by atoms with Crippen molar-refractivity contribution in [2.24, 2.45) is 0 Å². The number of anilines is 1. The van der Waals surface area contributed by atoms with E-state index in [4.69, 9.17) is 4.98 Å². The minimum Gasteiger partial charge on any atom is -0.357 e. The van der Waals surface area contributed by atoms with Crippen molar-refractivity contribution in [1.29, 1.82) is 5.26 Å². The molecule has 2 aromatic heterocycles. The van der Waals surface area contributed by atoms with Gasteiger partial charge < -0.3 is 14.8 Å². The van der Waals surface area contributed by atoms with Gasteiger partial charge in [0.25, 0.3) is 0 Å². The molecule has 6 heteroatoms. The lowest BCUT2D eigenvalue weighted by atomic mass is 9.87. The number of hydrogen-bond donors (Lipinski definition) is 1. The molecule has 6 nitrogen and oxygen atoms in total. The fourth-order valence-corrected chi connectivity index (χ4v) is 5.00. The van der Waals surface area contributed by atoms with Crippen molar-refractivity contribution in [2.45, 2.75) is 43.7 Å². The summed E-state index contributed by atoms with van der Waals surface area (Å²) < 4.78 is 2.21. The molecule has 31 heavy (non-hydrogen) atoms. The van der Waals surface area contributed by atoms with Crippen LogP contribution in [0.4, 0.5) is 5.82 Å². The summed E-state index contributed by atoms with van der Waals surface area (Å²) in [6.45, 7) is 1.91. The number of fused-ring (bicyclic) bond motifs is 1. The van der Waals surface area contributed by atoms with Gasteiger partial charge in [0.1, 0.15) is 23.8 Å². The van der Waals surface area contributed by atoms with Crippen LogP contribution in [0.3, 0.4) is 0 Å². The first-order valence-corrected chi connectivity index (χ1v) is 11.1. The van der Waals surface area contributed by atoms with Crippen molar-refractivity contribution in [3.05, 3.63) is 59.3 Å². The van der Waals surface area contributed by atoms with E-state index in [0.29, 0.717) is 23.6 Å². The van der Waals surface area contributed by atoms with Crippen LogP contribution < -0.4 is 10.2 Å². The minimum absolute atomic E-state index is 0.407. The van der Waals surface area contributed by atoms with Crippen molar-refractivity contribution >= 4 is 23.1 Å². The lowest BCUT2D eigenvalue weighted by molar-refractivity contribution is 0.112. The number of aldehydes is 1. The third kappa shape index (κ3) is 3.60. The summed E-state index contributed by atoms with van der Waals surface area (Å²) in [7, 11) is 2.01. The van der Waals surface area contributed by atoms with E-state index < -0.39 is 0 Å². The highest BCUT2D eigenvalue weighted by Crippen LogP contribution is 2.37. The second-order valence-electron chi connectivity index (χ2n) is 8.76. The second-order valence-corrected chi connectivity index (χ2v) is 8.76. The van der Waals surface area contributed by atoms with Gasteiger partial charge >= 0.3 is 0 Å². The number of benzene rings is 1. The summed E-state index contributed by atoms with van der Waals surface area (Å²) >= 11 is 0. The molecular formula is C25H27N5O. The summed E-state index contributed by atoms with van der Waals surface area (Å²) in [4.78, 5) is 18.3. The highest BCUT2D eigenvalue weighted by molar-refractivity contribution is 5.85. The molecule has 158 valence electrons. The molecule has 0 spiro atoms. The second kappa shape index (κ2) is 8.16. The summed E-state index contributed by atoms with van der Waals surface area (Å²) in [5.41, 5.74) is 3.68. The maximum atomic E-state index is 10.9. The summed E-state index contributed by atoms with van der Waals surface area (Å²) in [5.74, 6) is 1.51. The molecule has 1 saturated heterocycles. The molecule has 5 rings (SSSR count).